The van der Waals surface area contributed by atoms with Crippen molar-refractivity contribution in [3.8, 4) is 51.0 Å². The number of fused-ring (bicyclic) bond motifs is 9. The van der Waals surface area contributed by atoms with Gasteiger partial charge in [-0.3, -0.25) is 4.57 Å². The third kappa shape index (κ3) is 5.07. The summed E-state index contributed by atoms with van der Waals surface area (Å²) in [6, 6.07) is 68.0. The van der Waals surface area contributed by atoms with Gasteiger partial charge < -0.3 is 4.42 Å². The quantitative estimate of drug-likeness (QED) is 0.165. The molecule has 0 saturated heterocycles. The molecule has 0 saturated carbocycles. The Morgan fingerprint density at radius 3 is 1.88 bits per heavy atom. The van der Waals surface area contributed by atoms with Gasteiger partial charge in [0.05, 0.1) is 11.0 Å². The molecule has 0 spiro atoms. The molecule has 3 heterocycles. The maximum absolute atomic E-state index is 6.54. The van der Waals surface area contributed by atoms with Crippen molar-refractivity contribution >= 4 is 65.3 Å². The molecule has 0 amide bonds. The Kier molecular flexibility index (Phi) is 7.16. The molecule has 0 aliphatic carbocycles. The molecule has 12 aromatic rings. The topological polar surface area (TPSA) is 56.7 Å². The first kappa shape index (κ1) is 32.4. The Morgan fingerprint density at radius 1 is 0.345 bits per heavy atom. The summed E-state index contributed by atoms with van der Waals surface area (Å²) in [4.78, 5) is 15.8. The van der Waals surface area contributed by atoms with Crippen molar-refractivity contribution < 1.29 is 4.42 Å². The molecule has 9 aromatic carbocycles. The number of aromatic nitrogens is 4. The van der Waals surface area contributed by atoms with E-state index in [1.807, 2.05) is 24.3 Å². The van der Waals surface area contributed by atoms with E-state index in [1.54, 1.807) is 0 Å². The highest BCUT2D eigenvalue weighted by Crippen LogP contribution is 2.41. The van der Waals surface area contributed by atoms with Gasteiger partial charge in [0.25, 0.3) is 0 Å². The zero-order chi connectivity index (χ0) is 38.2. The predicted octanol–water partition coefficient (Wildman–Crippen LogP) is 13.8. The van der Waals surface area contributed by atoms with Gasteiger partial charge in [-0.05, 0) is 68.6 Å². The van der Waals surface area contributed by atoms with Gasteiger partial charge in [0.15, 0.2) is 11.6 Å². The molecule has 0 aliphatic heterocycles. The lowest BCUT2D eigenvalue weighted by molar-refractivity contribution is 0.669. The summed E-state index contributed by atoms with van der Waals surface area (Å²) >= 11 is 0. The number of furan rings is 1. The summed E-state index contributed by atoms with van der Waals surface area (Å²) in [6.45, 7) is 0. The van der Waals surface area contributed by atoms with Crippen LogP contribution in [0.15, 0.2) is 199 Å². The number of para-hydroxylation sites is 2. The van der Waals surface area contributed by atoms with Crippen LogP contribution in [-0.2, 0) is 0 Å². The van der Waals surface area contributed by atoms with Crippen molar-refractivity contribution in [2.75, 3.05) is 0 Å². The van der Waals surface area contributed by atoms with E-state index in [1.165, 1.54) is 16.3 Å². The number of nitrogens with zero attached hydrogens (tertiary/aromatic N) is 4. The van der Waals surface area contributed by atoms with Crippen molar-refractivity contribution in [3.63, 3.8) is 0 Å². The van der Waals surface area contributed by atoms with Gasteiger partial charge >= 0.3 is 0 Å². The maximum Gasteiger partial charge on any atom is 0.238 e. The smallest absolute Gasteiger partial charge is 0.238 e. The molecule has 0 N–H and O–H groups in total. The lowest BCUT2D eigenvalue weighted by Crippen LogP contribution is -2.07. The van der Waals surface area contributed by atoms with Crippen LogP contribution in [0.25, 0.3) is 116 Å². The minimum atomic E-state index is 0.554. The second kappa shape index (κ2) is 12.8. The molecular weight excluding hydrogens is 709 g/mol. The van der Waals surface area contributed by atoms with Crippen LogP contribution in [0.3, 0.4) is 0 Å². The Bertz CT molecular complexity index is 3570. The van der Waals surface area contributed by atoms with Gasteiger partial charge in [-0.2, -0.15) is 9.97 Å². The molecule has 5 heteroatoms. The molecule has 3 aromatic heterocycles. The number of rotatable bonds is 5. The lowest BCUT2D eigenvalue weighted by atomic mass is 9.98. The van der Waals surface area contributed by atoms with Crippen molar-refractivity contribution in [2.24, 2.45) is 0 Å². The highest BCUT2D eigenvalue weighted by atomic mass is 16.3. The summed E-state index contributed by atoms with van der Waals surface area (Å²) in [5.41, 5.74) is 10.1. The van der Waals surface area contributed by atoms with Crippen molar-refractivity contribution in [3.05, 3.63) is 194 Å². The molecule has 58 heavy (non-hydrogen) atoms. The molecule has 12 rings (SSSR count). The van der Waals surface area contributed by atoms with Gasteiger partial charge in [-0.15, -0.1) is 0 Å². The van der Waals surface area contributed by atoms with Crippen LogP contribution in [0.2, 0.25) is 0 Å². The van der Waals surface area contributed by atoms with E-state index in [2.05, 4.69) is 174 Å². The number of hydrogen-bond acceptors (Lipinski definition) is 4. The van der Waals surface area contributed by atoms with Gasteiger partial charge in [0, 0.05) is 38.2 Å². The maximum atomic E-state index is 6.54. The Morgan fingerprint density at radius 2 is 1.02 bits per heavy atom. The molecule has 0 aliphatic rings. The SMILES string of the molecule is c1ccc(-c2ccc3oc4cc(-c5cccc6c7ccccc7n(-c7nc(-c8ccccc8)nc(-c8cccc9c8ccc8ccccc89)n7)c56)ccc4c3c2)cc1. The van der Waals surface area contributed by atoms with E-state index in [0.717, 1.165) is 82.3 Å². The van der Waals surface area contributed by atoms with Crippen molar-refractivity contribution in [1.29, 1.82) is 0 Å². The Hall–Kier alpha value is -7.89. The highest BCUT2D eigenvalue weighted by molar-refractivity contribution is 6.15. The molecule has 270 valence electrons. The molecule has 0 fully saturated rings. The fraction of sp³-hybridized carbons (Fsp3) is 0. The van der Waals surface area contributed by atoms with Crippen LogP contribution in [0.4, 0.5) is 0 Å². The summed E-state index contributed by atoms with van der Waals surface area (Å²) in [5, 5.41) is 9.08. The minimum Gasteiger partial charge on any atom is -0.456 e. The lowest BCUT2D eigenvalue weighted by Gasteiger charge is -2.14. The van der Waals surface area contributed by atoms with E-state index in [9.17, 15) is 0 Å². The Balaban J connectivity index is 1.10. The summed E-state index contributed by atoms with van der Waals surface area (Å²) in [7, 11) is 0. The molecule has 0 atom stereocenters. The second-order valence-corrected chi connectivity index (χ2v) is 14.8. The standard InChI is InChI=1S/C53H32N4O/c1-3-13-33(14-4-1)36-27-30-48-46(31-36)43-29-26-37(32-49(43)58-48)39-20-11-22-44-42-19-9-10-24-47(42)57(50(39)44)53-55-51(35-16-5-2-6-17-35)54-52(56-53)45-23-12-21-40-38-18-8-7-15-34(38)25-28-41(40)45/h1-32H. The monoisotopic (exact) mass is 740 g/mol. The van der Waals surface area contributed by atoms with Crippen LogP contribution in [0.5, 0.6) is 0 Å². The minimum absolute atomic E-state index is 0.554. The number of hydrogen-bond donors (Lipinski definition) is 0. The largest absolute Gasteiger partial charge is 0.456 e. The van der Waals surface area contributed by atoms with E-state index in [0.29, 0.717) is 17.6 Å². The average Bonchev–Trinajstić information content (AvgIpc) is 3.84. The first-order valence-corrected chi connectivity index (χ1v) is 19.5. The van der Waals surface area contributed by atoms with Crippen LogP contribution in [0, 0.1) is 0 Å². The Labute approximate surface area is 333 Å². The molecule has 5 nitrogen and oxygen atoms in total. The summed E-state index contributed by atoms with van der Waals surface area (Å²) in [6.07, 6.45) is 0. The van der Waals surface area contributed by atoms with Crippen LogP contribution in [0.1, 0.15) is 0 Å². The number of benzene rings is 9. The van der Waals surface area contributed by atoms with E-state index in [4.69, 9.17) is 19.4 Å². The van der Waals surface area contributed by atoms with Crippen LogP contribution >= 0.6 is 0 Å². The van der Waals surface area contributed by atoms with Gasteiger partial charge in [0.2, 0.25) is 5.95 Å². The summed E-state index contributed by atoms with van der Waals surface area (Å²) in [5.74, 6) is 1.78. The predicted molar refractivity (Wildman–Crippen MR) is 238 cm³/mol. The fourth-order valence-electron chi connectivity index (χ4n) is 8.75. The van der Waals surface area contributed by atoms with Gasteiger partial charge in [-0.1, -0.05) is 164 Å². The van der Waals surface area contributed by atoms with E-state index >= 15 is 0 Å². The molecular formula is C53H32N4O. The van der Waals surface area contributed by atoms with Gasteiger partial charge in [-0.25, -0.2) is 4.98 Å². The molecule has 0 radical (unpaired) electrons. The highest BCUT2D eigenvalue weighted by Gasteiger charge is 2.22. The fourth-order valence-corrected chi connectivity index (χ4v) is 8.75. The van der Waals surface area contributed by atoms with Gasteiger partial charge in [0.1, 0.15) is 11.2 Å². The average molecular weight is 741 g/mol. The van der Waals surface area contributed by atoms with Crippen molar-refractivity contribution in [2.45, 2.75) is 0 Å². The van der Waals surface area contributed by atoms with Crippen molar-refractivity contribution in [1.82, 2.24) is 19.5 Å². The van der Waals surface area contributed by atoms with E-state index in [-0.39, 0.29) is 0 Å². The second-order valence-electron chi connectivity index (χ2n) is 14.8. The third-order valence-corrected chi connectivity index (χ3v) is 11.5. The summed E-state index contributed by atoms with van der Waals surface area (Å²) < 4.78 is 8.76. The zero-order valence-corrected chi connectivity index (χ0v) is 31.2. The normalized spacial score (nSPS) is 11.8. The third-order valence-electron chi connectivity index (χ3n) is 11.5. The molecule has 0 bridgehead atoms. The van der Waals surface area contributed by atoms with E-state index < -0.39 is 0 Å². The van der Waals surface area contributed by atoms with Crippen LogP contribution < -0.4 is 0 Å². The zero-order valence-electron chi connectivity index (χ0n) is 31.2. The first-order chi connectivity index (χ1) is 28.7. The first-order valence-electron chi connectivity index (χ1n) is 19.5. The molecule has 0 unspecified atom stereocenters. The van der Waals surface area contributed by atoms with Crippen LogP contribution in [-0.4, -0.2) is 19.5 Å².